The van der Waals surface area contributed by atoms with Gasteiger partial charge in [-0.25, -0.2) is 6.57 Å². The SMILES string of the molecule is [C-]#[N+][C@@H]1CCCN1C(=O)CNC1(C)CCN(C(=O)C(=O)CC[C@H]2O[C@@H]3OC(C)(C)O[C@@H]3[C@H]2O)CC1. The molecule has 2 N–H and O–H groups in total. The van der Waals surface area contributed by atoms with Crippen molar-refractivity contribution in [3.63, 3.8) is 0 Å². The summed E-state index contributed by atoms with van der Waals surface area (Å²) in [5.74, 6) is -1.93. The summed E-state index contributed by atoms with van der Waals surface area (Å²) >= 11 is 0. The molecule has 4 aliphatic rings. The number of aliphatic hydroxyl groups excluding tert-OH is 1. The Bertz CT molecular complexity index is 880. The number of nitrogens with zero attached hydrogens (tertiary/aromatic N) is 3. The van der Waals surface area contributed by atoms with Crippen LogP contribution in [0.3, 0.4) is 0 Å². The molecule has 4 saturated heterocycles. The molecule has 11 nitrogen and oxygen atoms in total. The molecule has 11 heteroatoms. The summed E-state index contributed by atoms with van der Waals surface area (Å²) in [5, 5.41) is 13.8. The molecule has 0 aromatic rings. The number of nitrogens with one attached hydrogen (secondary N) is 1. The molecule has 4 rings (SSSR count). The number of piperidine rings is 1. The third-order valence-electron chi connectivity index (χ3n) is 7.52. The zero-order valence-corrected chi connectivity index (χ0v) is 20.7. The van der Waals surface area contributed by atoms with Gasteiger partial charge >= 0.3 is 6.17 Å². The standard InChI is InChI=1S/C24H36N4O7/c1-23(2)34-20-19(31)16(33-22(20)35-23)8-7-15(29)21(32)27-12-9-24(3,10-13-27)26-14-18(30)28-11-5-6-17(28)25-4/h16-17,19-20,22,26,31H,5-14H2,1-3H3/t16-,17+,19+,20-,22-/m1/s1. The Labute approximate surface area is 205 Å². The number of fused-ring (bicyclic) bond motifs is 1. The summed E-state index contributed by atoms with van der Waals surface area (Å²) in [6, 6.07) is 0. The Kier molecular flexibility index (Phi) is 7.50. The maximum absolute atomic E-state index is 12.7. The Morgan fingerprint density at radius 2 is 1.86 bits per heavy atom. The normalized spacial score (nSPS) is 33.4. The van der Waals surface area contributed by atoms with Crippen LogP contribution < -0.4 is 5.32 Å². The molecule has 4 heterocycles. The number of carbonyl (C=O) groups is 3. The average molecular weight is 493 g/mol. The molecule has 4 fully saturated rings. The summed E-state index contributed by atoms with van der Waals surface area (Å²) in [5.41, 5.74) is -0.323. The third-order valence-corrected chi connectivity index (χ3v) is 7.52. The van der Waals surface area contributed by atoms with Crippen LogP contribution in [0.4, 0.5) is 0 Å². The lowest BCUT2D eigenvalue weighted by molar-refractivity contribution is -0.215. The van der Waals surface area contributed by atoms with Crippen LogP contribution in [0.2, 0.25) is 0 Å². The third kappa shape index (κ3) is 5.67. The highest BCUT2D eigenvalue weighted by molar-refractivity contribution is 6.36. The molecule has 0 aromatic carbocycles. The average Bonchev–Trinajstić information content (AvgIpc) is 3.49. The second-order valence-electron chi connectivity index (χ2n) is 10.6. The molecule has 35 heavy (non-hydrogen) atoms. The van der Waals surface area contributed by atoms with E-state index in [-0.39, 0.29) is 37.0 Å². The second kappa shape index (κ2) is 10.1. The van der Waals surface area contributed by atoms with E-state index in [9.17, 15) is 19.5 Å². The highest BCUT2D eigenvalue weighted by Gasteiger charge is 2.54. The highest BCUT2D eigenvalue weighted by atomic mass is 16.8. The van der Waals surface area contributed by atoms with Crippen LogP contribution in [-0.4, -0.2) is 101 Å². The van der Waals surface area contributed by atoms with Gasteiger partial charge in [0.15, 0.2) is 12.1 Å². The molecule has 4 aliphatic heterocycles. The van der Waals surface area contributed by atoms with Crippen LogP contribution >= 0.6 is 0 Å². The predicted molar refractivity (Wildman–Crippen MR) is 123 cm³/mol. The Balaban J connectivity index is 1.18. The highest BCUT2D eigenvalue weighted by Crippen LogP contribution is 2.38. The van der Waals surface area contributed by atoms with Gasteiger partial charge in [0.1, 0.15) is 12.2 Å². The van der Waals surface area contributed by atoms with Gasteiger partial charge in [-0.05, 0) is 46.5 Å². The van der Waals surface area contributed by atoms with E-state index in [4.69, 9.17) is 20.8 Å². The first-order valence-corrected chi connectivity index (χ1v) is 12.4. The molecule has 2 amide bonds. The first kappa shape index (κ1) is 26.0. The number of carbonyl (C=O) groups excluding carboxylic acids is 3. The number of aliphatic hydroxyl groups is 1. The van der Waals surface area contributed by atoms with Gasteiger partial charge in [-0.15, -0.1) is 0 Å². The molecule has 194 valence electrons. The van der Waals surface area contributed by atoms with Crippen molar-refractivity contribution in [1.82, 2.24) is 15.1 Å². The van der Waals surface area contributed by atoms with Gasteiger partial charge in [-0.2, -0.15) is 0 Å². The lowest BCUT2D eigenvalue weighted by atomic mass is 9.89. The smallest absolute Gasteiger partial charge is 0.300 e. The maximum atomic E-state index is 12.7. The van der Waals surface area contributed by atoms with Gasteiger partial charge in [-0.1, -0.05) is 0 Å². The van der Waals surface area contributed by atoms with Crippen molar-refractivity contribution in [3.05, 3.63) is 11.4 Å². The van der Waals surface area contributed by atoms with Crippen LogP contribution in [0.25, 0.3) is 4.85 Å². The topological polar surface area (TPSA) is 122 Å². The molecule has 0 unspecified atom stereocenters. The first-order chi connectivity index (χ1) is 16.5. The predicted octanol–water partition coefficient (Wildman–Crippen LogP) is 0.411. The Morgan fingerprint density at radius 1 is 1.14 bits per heavy atom. The molecule has 0 saturated carbocycles. The number of rotatable bonds is 7. The van der Waals surface area contributed by atoms with Crippen molar-refractivity contribution < 1.29 is 33.7 Å². The minimum absolute atomic E-state index is 0.0258. The maximum Gasteiger partial charge on any atom is 0.300 e. The number of Topliss-reactive ketones (excluding diaryl/α,β-unsaturated/α-hetero) is 1. The molecule has 0 radical (unpaired) electrons. The van der Waals surface area contributed by atoms with E-state index in [1.165, 1.54) is 0 Å². The van der Waals surface area contributed by atoms with Crippen molar-refractivity contribution >= 4 is 17.6 Å². The van der Waals surface area contributed by atoms with Crippen LogP contribution in [0.15, 0.2) is 0 Å². The zero-order chi connectivity index (χ0) is 25.4. The summed E-state index contributed by atoms with van der Waals surface area (Å²) in [4.78, 5) is 44.5. The number of ether oxygens (including phenoxy) is 3. The van der Waals surface area contributed by atoms with E-state index >= 15 is 0 Å². The molecule has 0 aromatic heterocycles. The first-order valence-electron chi connectivity index (χ1n) is 12.4. The number of hydrogen-bond acceptors (Lipinski definition) is 8. The van der Waals surface area contributed by atoms with E-state index < -0.39 is 42.1 Å². The van der Waals surface area contributed by atoms with Gasteiger partial charge in [0, 0.05) is 38.0 Å². The second-order valence-corrected chi connectivity index (χ2v) is 10.6. The lowest BCUT2D eigenvalue weighted by Crippen LogP contribution is -2.55. The van der Waals surface area contributed by atoms with Crippen molar-refractivity contribution in [1.29, 1.82) is 0 Å². The van der Waals surface area contributed by atoms with Crippen molar-refractivity contribution in [2.75, 3.05) is 26.2 Å². The Hall–Kier alpha value is -2.10. The zero-order valence-electron chi connectivity index (χ0n) is 20.7. The molecule has 0 spiro atoms. The molecular formula is C24H36N4O7. The van der Waals surface area contributed by atoms with Crippen LogP contribution in [-0.2, 0) is 28.6 Å². The summed E-state index contributed by atoms with van der Waals surface area (Å²) in [7, 11) is 0. The number of amides is 2. The fraction of sp³-hybridized carbons (Fsp3) is 0.833. The van der Waals surface area contributed by atoms with Gasteiger partial charge in [-0.3, -0.25) is 24.1 Å². The summed E-state index contributed by atoms with van der Waals surface area (Å²) in [6.07, 6.45) is -0.172. The van der Waals surface area contributed by atoms with Crippen LogP contribution in [0.5, 0.6) is 0 Å². The number of ketones is 1. The van der Waals surface area contributed by atoms with E-state index in [0.717, 1.165) is 12.8 Å². The van der Waals surface area contributed by atoms with E-state index in [0.29, 0.717) is 32.5 Å². The fourth-order valence-corrected chi connectivity index (χ4v) is 5.30. The minimum Gasteiger partial charge on any atom is -0.387 e. The quantitative estimate of drug-likeness (QED) is 0.387. The van der Waals surface area contributed by atoms with E-state index in [1.807, 2.05) is 6.92 Å². The van der Waals surface area contributed by atoms with Crippen LogP contribution in [0, 0.1) is 6.57 Å². The monoisotopic (exact) mass is 492 g/mol. The number of hydrogen-bond donors (Lipinski definition) is 2. The van der Waals surface area contributed by atoms with Gasteiger partial charge in [0.25, 0.3) is 5.91 Å². The molecular weight excluding hydrogens is 456 g/mol. The van der Waals surface area contributed by atoms with Gasteiger partial charge in [0.2, 0.25) is 11.7 Å². The minimum atomic E-state index is -0.917. The van der Waals surface area contributed by atoms with Crippen molar-refractivity contribution in [3.8, 4) is 0 Å². The molecule has 0 aliphatic carbocycles. The fourth-order valence-electron chi connectivity index (χ4n) is 5.30. The largest absolute Gasteiger partial charge is 0.387 e. The van der Waals surface area contributed by atoms with Gasteiger partial charge in [0.05, 0.1) is 12.6 Å². The lowest BCUT2D eigenvalue weighted by Gasteiger charge is -2.40. The Morgan fingerprint density at radius 3 is 2.51 bits per heavy atom. The molecule has 0 bridgehead atoms. The van der Waals surface area contributed by atoms with E-state index in [1.54, 1.807) is 23.6 Å². The van der Waals surface area contributed by atoms with E-state index in [2.05, 4.69) is 10.2 Å². The number of likely N-dealkylation sites (tertiary alicyclic amines) is 2. The van der Waals surface area contributed by atoms with Gasteiger partial charge < -0.3 is 29.5 Å². The molecule has 5 atom stereocenters. The van der Waals surface area contributed by atoms with Crippen molar-refractivity contribution in [2.24, 2.45) is 0 Å². The summed E-state index contributed by atoms with van der Waals surface area (Å²) in [6.45, 7) is 14.4. The summed E-state index contributed by atoms with van der Waals surface area (Å²) < 4.78 is 17.0. The van der Waals surface area contributed by atoms with Crippen molar-refractivity contribution in [2.45, 2.75) is 101 Å². The van der Waals surface area contributed by atoms with Crippen LogP contribution in [0.1, 0.15) is 59.3 Å².